The third-order valence-electron chi connectivity index (χ3n) is 13.7. The van der Waals surface area contributed by atoms with E-state index in [4.69, 9.17) is 11.6 Å². The Hall–Kier alpha value is -5.89. The average Bonchev–Trinajstić information content (AvgIpc) is 3.30. The zero-order valence-electron chi connectivity index (χ0n) is 33.4. The maximum atomic E-state index is 7.81. The Kier molecular flexibility index (Phi) is 9.43. The molecule has 0 saturated heterocycles. The van der Waals surface area contributed by atoms with Crippen molar-refractivity contribution in [3.8, 4) is 44.5 Å². The van der Waals surface area contributed by atoms with Crippen LogP contribution in [0.1, 0.15) is 43.2 Å². The van der Waals surface area contributed by atoms with Gasteiger partial charge < -0.3 is 4.90 Å². The lowest BCUT2D eigenvalue weighted by Gasteiger charge is -2.42. The lowest BCUT2D eigenvalue weighted by atomic mass is 9.63. The van der Waals surface area contributed by atoms with E-state index in [9.17, 15) is 0 Å². The summed E-state index contributed by atoms with van der Waals surface area (Å²) in [4.78, 5) is 2.41. The standard InChI is InChI=1S/C57H48ClN/c58-56-37-52(59(50-24-20-44(21-25-50)42-10-3-1-4-11-42)51-26-22-45(23-27-51)43-12-5-2-6-13-43)35-49-34-41-31-38-28-39(32-41)30-40(29-38)33-47-18-19-48(36-55(47)57(49)56)54-17-9-15-46-14-7-8-16-53(46)54/h1-27,35-41H,28-34H2. The Bertz CT molecular complexity index is 2670. The molecule has 4 aliphatic carbocycles. The number of nitrogens with zero attached hydrogens (tertiary/aromatic N) is 1. The molecule has 0 aromatic heterocycles. The highest BCUT2D eigenvalue weighted by Crippen LogP contribution is 2.51. The molecule has 0 radical (unpaired) electrons. The number of hydrogen-bond donors (Lipinski definition) is 0. The molecule has 0 spiro atoms. The number of rotatable bonds is 6. The van der Waals surface area contributed by atoms with Crippen LogP contribution in [-0.2, 0) is 12.8 Å². The number of fused-ring (bicyclic) bond motifs is 1. The fraction of sp³-hybridized carbons (Fsp3) is 0.193. The molecule has 2 saturated carbocycles. The normalized spacial score (nSPS) is 19.5. The van der Waals surface area contributed by atoms with Gasteiger partial charge in [0, 0.05) is 22.6 Å². The third kappa shape index (κ3) is 7.06. The Morgan fingerprint density at radius 2 is 0.881 bits per heavy atom. The van der Waals surface area contributed by atoms with Crippen LogP contribution >= 0.6 is 11.6 Å². The number of anilines is 3. The highest BCUT2D eigenvalue weighted by molar-refractivity contribution is 6.34. The fourth-order valence-corrected chi connectivity index (χ4v) is 11.6. The molecule has 1 nitrogen and oxygen atoms in total. The molecule has 2 heteroatoms. The van der Waals surface area contributed by atoms with Crippen molar-refractivity contribution < 1.29 is 0 Å². The summed E-state index contributed by atoms with van der Waals surface area (Å²) in [5.74, 6) is 3.06. The molecule has 4 bridgehead atoms. The Morgan fingerprint density at radius 3 is 1.51 bits per heavy atom. The quantitative estimate of drug-likeness (QED) is 0.162. The van der Waals surface area contributed by atoms with Crippen molar-refractivity contribution in [2.75, 3.05) is 4.90 Å². The average molecular weight is 782 g/mol. The SMILES string of the molecule is Clc1cc(N(c2ccc(-c3ccccc3)cc2)c2ccc(-c3ccccc3)cc2)cc2c1-c1cc(-c3cccc4ccccc34)ccc1CC1CC3CC(C2)CC(C1)C3. The van der Waals surface area contributed by atoms with Crippen LogP contribution in [0.4, 0.5) is 17.1 Å². The molecule has 0 amide bonds. The minimum absolute atomic E-state index is 0.663. The lowest BCUT2D eigenvalue weighted by molar-refractivity contribution is 0.0973. The van der Waals surface area contributed by atoms with Gasteiger partial charge >= 0.3 is 0 Å². The maximum absolute atomic E-state index is 7.81. The van der Waals surface area contributed by atoms with Gasteiger partial charge in [0.1, 0.15) is 0 Å². The Morgan fingerprint density at radius 1 is 0.373 bits per heavy atom. The first-order chi connectivity index (χ1) is 29.1. The molecule has 4 aliphatic rings. The van der Waals surface area contributed by atoms with E-state index in [1.165, 1.54) is 98.5 Å². The van der Waals surface area contributed by atoms with Crippen molar-refractivity contribution in [2.24, 2.45) is 23.7 Å². The zero-order valence-corrected chi connectivity index (χ0v) is 34.2. The topological polar surface area (TPSA) is 3.24 Å². The molecule has 8 aromatic carbocycles. The highest BCUT2D eigenvalue weighted by Gasteiger charge is 2.37. The molecule has 59 heavy (non-hydrogen) atoms. The second-order valence-corrected chi connectivity index (χ2v) is 18.0. The van der Waals surface area contributed by atoms with Crippen LogP contribution in [0.2, 0.25) is 5.02 Å². The molecule has 2 atom stereocenters. The van der Waals surface area contributed by atoms with E-state index < -0.39 is 0 Å². The van der Waals surface area contributed by atoms with Crippen molar-refractivity contribution in [3.05, 3.63) is 198 Å². The predicted octanol–water partition coefficient (Wildman–Crippen LogP) is 16.2. The van der Waals surface area contributed by atoms with Crippen LogP contribution in [0.5, 0.6) is 0 Å². The van der Waals surface area contributed by atoms with Crippen LogP contribution in [-0.4, -0.2) is 0 Å². The lowest BCUT2D eigenvalue weighted by Crippen LogP contribution is -2.32. The van der Waals surface area contributed by atoms with Gasteiger partial charge in [0.05, 0.1) is 5.02 Å². The van der Waals surface area contributed by atoms with Crippen LogP contribution in [0.25, 0.3) is 55.3 Å². The molecular formula is C57H48ClN. The summed E-state index contributed by atoms with van der Waals surface area (Å²) < 4.78 is 0. The smallest absolute Gasteiger partial charge is 0.0508 e. The van der Waals surface area contributed by atoms with Crippen LogP contribution in [0.3, 0.4) is 0 Å². The predicted molar refractivity (Wildman–Crippen MR) is 250 cm³/mol. The summed E-state index contributed by atoms with van der Waals surface area (Å²) in [5, 5.41) is 3.39. The monoisotopic (exact) mass is 781 g/mol. The van der Waals surface area contributed by atoms with E-state index in [1.807, 2.05) is 0 Å². The number of hydrogen-bond acceptors (Lipinski definition) is 1. The molecule has 0 heterocycles. The molecule has 2 fully saturated rings. The van der Waals surface area contributed by atoms with Gasteiger partial charge in [0.15, 0.2) is 0 Å². The minimum Gasteiger partial charge on any atom is -0.310 e. The maximum Gasteiger partial charge on any atom is 0.0508 e. The van der Waals surface area contributed by atoms with Crippen molar-refractivity contribution in [1.29, 1.82) is 0 Å². The summed E-state index contributed by atoms with van der Waals surface area (Å²) >= 11 is 7.81. The Labute approximate surface area is 354 Å². The second-order valence-electron chi connectivity index (χ2n) is 17.6. The van der Waals surface area contributed by atoms with Crippen LogP contribution in [0, 0.1) is 23.7 Å². The Balaban J connectivity index is 1.09. The van der Waals surface area contributed by atoms with Gasteiger partial charge in [-0.1, -0.05) is 151 Å². The summed E-state index contributed by atoms with van der Waals surface area (Å²) in [6.45, 7) is 0. The van der Waals surface area contributed by atoms with Gasteiger partial charge in [-0.3, -0.25) is 0 Å². The summed E-state index contributed by atoms with van der Waals surface area (Å²) in [6.07, 6.45) is 8.96. The second kappa shape index (κ2) is 15.4. The summed E-state index contributed by atoms with van der Waals surface area (Å²) in [6, 6.07) is 66.9. The third-order valence-corrected chi connectivity index (χ3v) is 14.0. The van der Waals surface area contributed by atoms with Gasteiger partial charge in [-0.15, -0.1) is 0 Å². The highest BCUT2D eigenvalue weighted by atomic mass is 35.5. The zero-order chi connectivity index (χ0) is 39.3. The van der Waals surface area contributed by atoms with Crippen molar-refractivity contribution in [1.82, 2.24) is 0 Å². The van der Waals surface area contributed by atoms with E-state index in [-0.39, 0.29) is 0 Å². The van der Waals surface area contributed by atoms with E-state index in [0.717, 1.165) is 52.7 Å². The van der Waals surface area contributed by atoms with Crippen molar-refractivity contribution >= 4 is 39.4 Å². The first kappa shape index (κ1) is 36.2. The van der Waals surface area contributed by atoms with Gasteiger partial charge in [-0.25, -0.2) is 0 Å². The fourth-order valence-electron chi connectivity index (χ4n) is 11.3. The van der Waals surface area contributed by atoms with Crippen molar-refractivity contribution in [3.63, 3.8) is 0 Å². The van der Waals surface area contributed by atoms with Gasteiger partial charge in [-0.05, 0) is 172 Å². The van der Waals surface area contributed by atoms with Gasteiger partial charge in [-0.2, -0.15) is 0 Å². The van der Waals surface area contributed by atoms with E-state index >= 15 is 0 Å². The molecule has 0 N–H and O–H groups in total. The molecule has 2 unspecified atom stereocenters. The van der Waals surface area contributed by atoms with Gasteiger partial charge in [0.25, 0.3) is 0 Å². The number of benzene rings is 8. The number of halogens is 1. The van der Waals surface area contributed by atoms with Crippen LogP contribution < -0.4 is 4.90 Å². The molecule has 8 aromatic rings. The first-order valence-corrected chi connectivity index (χ1v) is 22.0. The van der Waals surface area contributed by atoms with E-state index in [1.54, 1.807) is 0 Å². The van der Waals surface area contributed by atoms with Crippen molar-refractivity contribution in [2.45, 2.75) is 44.9 Å². The van der Waals surface area contributed by atoms with E-state index in [2.05, 4.69) is 187 Å². The molecule has 12 rings (SSSR count). The summed E-state index contributed by atoms with van der Waals surface area (Å²) in [7, 11) is 0. The largest absolute Gasteiger partial charge is 0.310 e. The first-order valence-electron chi connectivity index (χ1n) is 21.6. The van der Waals surface area contributed by atoms with E-state index in [0.29, 0.717) is 5.92 Å². The molecule has 288 valence electrons. The minimum atomic E-state index is 0.663. The van der Waals surface area contributed by atoms with Crippen LogP contribution in [0.15, 0.2) is 182 Å². The van der Waals surface area contributed by atoms with Gasteiger partial charge in [0.2, 0.25) is 0 Å². The molecular weight excluding hydrogens is 734 g/mol. The summed E-state index contributed by atoms with van der Waals surface area (Å²) in [5.41, 5.74) is 16.1. The molecule has 0 aliphatic heterocycles.